The van der Waals surface area contributed by atoms with Crippen LogP contribution in [0.3, 0.4) is 0 Å². The van der Waals surface area contributed by atoms with Gasteiger partial charge in [0.1, 0.15) is 0 Å². The van der Waals surface area contributed by atoms with Crippen LogP contribution in [0.5, 0.6) is 0 Å². The Bertz CT molecular complexity index is 1510. The third-order valence-electron chi connectivity index (χ3n) is 7.90. The maximum Gasteiger partial charge on any atom is 0.323 e. The Morgan fingerprint density at radius 2 is 0.978 bits per heavy atom. The highest BCUT2D eigenvalue weighted by molar-refractivity contribution is 6.06. The van der Waals surface area contributed by atoms with E-state index in [2.05, 4.69) is 101 Å². The normalized spacial score (nSPS) is 11.1. The van der Waals surface area contributed by atoms with Gasteiger partial charge in [0.05, 0.1) is 22.8 Å². The van der Waals surface area contributed by atoms with Gasteiger partial charge in [0, 0.05) is 35.6 Å². The van der Waals surface area contributed by atoms with Crippen molar-refractivity contribution in [1.82, 2.24) is 9.97 Å². The fraction of sp³-hybridized carbons (Fsp3) is 0.378. The van der Waals surface area contributed by atoms with Gasteiger partial charge < -0.3 is 22.1 Å². The fourth-order valence-corrected chi connectivity index (χ4v) is 5.80. The molecule has 0 saturated carbocycles. The number of anilines is 2. The van der Waals surface area contributed by atoms with Crippen LogP contribution in [0, 0.1) is 39.5 Å². The van der Waals surface area contributed by atoms with E-state index in [1.807, 2.05) is 13.8 Å². The maximum atomic E-state index is 13.9. The van der Waals surface area contributed by atoms with Crippen molar-refractivity contribution in [3.8, 4) is 22.3 Å². The van der Waals surface area contributed by atoms with E-state index in [-0.39, 0.29) is 18.4 Å². The number of benzene rings is 2. The van der Waals surface area contributed by atoms with Gasteiger partial charge in [0.25, 0.3) is 0 Å². The first kappa shape index (κ1) is 35.7. The topological polar surface area (TPSA) is 119 Å². The molecule has 0 aliphatic heterocycles. The molecule has 0 atom stereocenters. The van der Waals surface area contributed by atoms with Crippen LogP contribution < -0.4 is 22.1 Å². The van der Waals surface area contributed by atoms with Crippen molar-refractivity contribution in [2.45, 2.75) is 81.3 Å². The molecule has 7 nitrogen and oxygen atoms in total. The second-order valence-electron chi connectivity index (χ2n) is 12.7. The molecule has 2 aromatic heterocycles. The number of aromatic nitrogens is 2. The van der Waals surface area contributed by atoms with E-state index in [1.165, 1.54) is 0 Å². The number of hydrogen-bond donors (Lipinski definition) is 4. The van der Waals surface area contributed by atoms with Gasteiger partial charge in [-0.25, -0.2) is 4.79 Å². The van der Waals surface area contributed by atoms with Crippen LogP contribution >= 0.6 is 12.4 Å². The molecule has 0 radical (unpaired) electrons. The number of halogens is 1. The molecule has 0 unspecified atom stereocenters. The molecular weight excluding hydrogens is 580 g/mol. The van der Waals surface area contributed by atoms with Gasteiger partial charge in [-0.15, -0.1) is 12.4 Å². The van der Waals surface area contributed by atoms with Crippen molar-refractivity contribution < 1.29 is 4.79 Å². The van der Waals surface area contributed by atoms with Crippen LogP contribution in [0.15, 0.2) is 48.5 Å². The van der Waals surface area contributed by atoms with Crippen molar-refractivity contribution in [2.24, 2.45) is 23.3 Å². The molecule has 240 valence electrons. The van der Waals surface area contributed by atoms with Crippen LogP contribution in [-0.2, 0) is 25.9 Å². The summed E-state index contributed by atoms with van der Waals surface area (Å²) in [5, 5.41) is 6.34. The Hall–Kier alpha value is -3.78. The fourth-order valence-electron chi connectivity index (χ4n) is 5.80. The number of nitrogens with zero attached hydrogens (tertiary/aromatic N) is 2. The number of nitrogens with one attached hydrogen (secondary N) is 2. The summed E-state index contributed by atoms with van der Waals surface area (Å²) in [5.74, 6) is 0.817. The lowest BCUT2D eigenvalue weighted by molar-refractivity contribution is 0.262. The molecule has 2 heterocycles. The number of aryl methyl sites for hydroxylation is 4. The zero-order chi connectivity index (χ0) is 32.1. The van der Waals surface area contributed by atoms with Crippen LogP contribution in [0.2, 0.25) is 0 Å². The van der Waals surface area contributed by atoms with Crippen molar-refractivity contribution in [1.29, 1.82) is 0 Å². The molecule has 8 heteroatoms. The van der Waals surface area contributed by atoms with Gasteiger partial charge in [-0.2, -0.15) is 0 Å². The highest BCUT2D eigenvalue weighted by Gasteiger charge is 2.24. The van der Waals surface area contributed by atoms with E-state index < -0.39 is 0 Å². The van der Waals surface area contributed by atoms with Gasteiger partial charge in [-0.3, -0.25) is 9.97 Å². The summed E-state index contributed by atoms with van der Waals surface area (Å²) >= 11 is 0. The van der Waals surface area contributed by atoms with Crippen molar-refractivity contribution in [3.63, 3.8) is 0 Å². The van der Waals surface area contributed by atoms with E-state index in [4.69, 9.17) is 21.4 Å². The number of carbonyl (C=O) groups is 1. The number of pyridine rings is 2. The molecule has 4 rings (SSSR count). The van der Waals surface area contributed by atoms with E-state index in [9.17, 15) is 4.79 Å². The Kier molecular flexibility index (Phi) is 12.3. The number of rotatable bonds is 10. The van der Waals surface area contributed by atoms with Crippen LogP contribution in [0.1, 0.15) is 72.7 Å². The quantitative estimate of drug-likeness (QED) is 0.141. The average molecular weight is 629 g/mol. The van der Waals surface area contributed by atoms with E-state index in [0.29, 0.717) is 36.3 Å². The average Bonchev–Trinajstić information content (AvgIpc) is 2.96. The van der Waals surface area contributed by atoms with Crippen molar-refractivity contribution in [3.05, 3.63) is 93.6 Å². The molecule has 0 bridgehead atoms. The predicted molar refractivity (Wildman–Crippen MR) is 191 cm³/mol. The summed E-state index contributed by atoms with van der Waals surface area (Å²) < 4.78 is 0. The third-order valence-corrected chi connectivity index (χ3v) is 7.90. The monoisotopic (exact) mass is 628 g/mol. The Labute approximate surface area is 275 Å². The van der Waals surface area contributed by atoms with E-state index >= 15 is 0 Å². The smallest absolute Gasteiger partial charge is 0.323 e. The van der Waals surface area contributed by atoms with Crippen molar-refractivity contribution >= 4 is 29.8 Å². The number of nitrogens with two attached hydrogens (primary N) is 2. The van der Waals surface area contributed by atoms with Gasteiger partial charge in [0.2, 0.25) is 0 Å². The molecule has 0 saturated heterocycles. The summed E-state index contributed by atoms with van der Waals surface area (Å²) in [4.78, 5) is 23.9. The summed E-state index contributed by atoms with van der Waals surface area (Å²) in [7, 11) is 0. The standard InChI is InChI=1S/C37H48N6O.ClH/c1-21(2)17-31-29(19-38)33(27-13-9-23(5)10-14-27)35(25(7)40-31)42-37(44)43-36-26(8)41-32(18-22(3)4)30(20-39)34(36)28-15-11-24(6)12-16-28;/h9-16,21-22H,17-20,38-39H2,1-8H3,(H2,42,43,44);1H. The van der Waals surface area contributed by atoms with Crippen molar-refractivity contribution in [2.75, 3.05) is 10.6 Å². The van der Waals surface area contributed by atoms with Gasteiger partial charge >= 0.3 is 6.03 Å². The second-order valence-corrected chi connectivity index (χ2v) is 12.7. The lowest BCUT2D eigenvalue weighted by atomic mass is 9.92. The number of amides is 2. The first-order valence-electron chi connectivity index (χ1n) is 15.6. The molecule has 6 N–H and O–H groups in total. The molecule has 0 aliphatic carbocycles. The molecule has 0 spiro atoms. The minimum Gasteiger partial charge on any atom is -0.326 e. The van der Waals surface area contributed by atoms with Crippen LogP contribution in [0.25, 0.3) is 22.3 Å². The highest BCUT2D eigenvalue weighted by Crippen LogP contribution is 2.38. The number of carbonyl (C=O) groups excluding carboxylic acids is 1. The first-order valence-corrected chi connectivity index (χ1v) is 15.6. The SMILES string of the molecule is Cc1ccc(-c2c(CN)c(CC(C)C)nc(C)c2NC(=O)Nc2c(C)nc(CC(C)C)c(CN)c2-c2ccc(C)cc2)cc1.Cl. The largest absolute Gasteiger partial charge is 0.326 e. The maximum absolute atomic E-state index is 13.9. The molecule has 0 fully saturated rings. The zero-order valence-electron chi connectivity index (χ0n) is 28.0. The Balaban J connectivity index is 0.00000552. The van der Waals surface area contributed by atoms with Gasteiger partial charge in [-0.1, -0.05) is 87.4 Å². The zero-order valence-corrected chi connectivity index (χ0v) is 28.8. The van der Waals surface area contributed by atoms with Gasteiger partial charge in [0.15, 0.2) is 0 Å². The number of urea groups is 1. The second kappa shape index (κ2) is 15.5. The molecule has 2 aromatic carbocycles. The minimum atomic E-state index is -0.374. The summed E-state index contributed by atoms with van der Waals surface area (Å²) in [6.45, 7) is 17.3. The minimum absolute atomic E-state index is 0. The lowest BCUT2D eigenvalue weighted by Crippen LogP contribution is -2.24. The summed E-state index contributed by atoms with van der Waals surface area (Å²) in [6, 6.07) is 16.3. The van der Waals surface area contributed by atoms with Crippen LogP contribution in [-0.4, -0.2) is 16.0 Å². The first-order chi connectivity index (χ1) is 20.9. The highest BCUT2D eigenvalue weighted by atomic mass is 35.5. The molecule has 0 aliphatic rings. The van der Waals surface area contributed by atoms with Crippen LogP contribution in [0.4, 0.5) is 16.2 Å². The molecule has 45 heavy (non-hydrogen) atoms. The van der Waals surface area contributed by atoms with E-state index in [1.54, 1.807) is 0 Å². The Morgan fingerprint density at radius 1 is 0.644 bits per heavy atom. The predicted octanol–water partition coefficient (Wildman–Crippen LogP) is 8.42. The summed E-state index contributed by atoms with van der Waals surface area (Å²) in [6.07, 6.45) is 1.60. The van der Waals surface area contributed by atoms with Gasteiger partial charge in [-0.05, 0) is 74.6 Å². The molecule has 4 aromatic rings. The number of hydrogen-bond acceptors (Lipinski definition) is 5. The molecular formula is C37H49ClN6O. The Morgan fingerprint density at radius 3 is 1.27 bits per heavy atom. The third kappa shape index (κ3) is 8.28. The lowest BCUT2D eigenvalue weighted by Gasteiger charge is -2.23. The van der Waals surface area contributed by atoms with E-state index in [0.717, 1.165) is 80.1 Å². The summed E-state index contributed by atoms with van der Waals surface area (Å²) in [5.41, 5.74) is 25.5. The molecule has 2 amide bonds.